The van der Waals surface area contributed by atoms with Crippen molar-refractivity contribution in [1.82, 2.24) is 19.9 Å². The molecule has 1 saturated carbocycles. The molecular weight excluding hydrogens is 350 g/mol. The Kier molecular flexibility index (Phi) is 3.97. The van der Waals surface area contributed by atoms with Gasteiger partial charge in [0.15, 0.2) is 0 Å². The van der Waals surface area contributed by atoms with E-state index >= 15 is 0 Å². The van der Waals surface area contributed by atoms with Crippen molar-refractivity contribution in [2.75, 3.05) is 13.1 Å². The number of nitrogens with zero attached hydrogens (tertiary/aromatic N) is 3. The van der Waals surface area contributed by atoms with Crippen LogP contribution in [0, 0.1) is 16.7 Å². The number of carbonyl (C=O) groups excluding carboxylic acids is 1. The summed E-state index contributed by atoms with van der Waals surface area (Å²) in [5, 5.41) is 10.2. The molecule has 6 heteroatoms. The van der Waals surface area contributed by atoms with Crippen LogP contribution < -0.4 is 0 Å². The summed E-state index contributed by atoms with van der Waals surface area (Å²) in [5.74, 6) is 0.528. The second-order valence-corrected chi connectivity index (χ2v) is 8.32. The number of hydrogen-bond acceptors (Lipinski definition) is 3. The van der Waals surface area contributed by atoms with E-state index in [1.807, 2.05) is 17.3 Å². The van der Waals surface area contributed by atoms with Gasteiger partial charge in [0.05, 0.1) is 5.56 Å². The fourth-order valence-corrected chi connectivity index (χ4v) is 4.77. The first-order valence-electron chi connectivity index (χ1n) is 9.97. The molecule has 1 unspecified atom stereocenters. The van der Waals surface area contributed by atoms with E-state index in [1.54, 1.807) is 12.3 Å². The van der Waals surface area contributed by atoms with Crippen LogP contribution in [0.3, 0.4) is 0 Å². The van der Waals surface area contributed by atoms with E-state index in [0.29, 0.717) is 17.2 Å². The van der Waals surface area contributed by atoms with E-state index in [1.165, 1.54) is 23.8 Å². The maximum absolute atomic E-state index is 13.0. The summed E-state index contributed by atoms with van der Waals surface area (Å²) in [6, 6.07) is 8.04. The topological polar surface area (TPSA) is 88.6 Å². The zero-order chi connectivity index (χ0) is 19.1. The number of likely N-dealkylation sites (tertiary alicyclic amines) is 1. The Bertz CT molecular complexity index is 1070. The monoisotopic (exact) mass is 373 g/mol. The zero-order valence-corrected chi connectivity index (χ0v) is 15.7. The van der Waals surface area contributed by atoms with Crippen LogP contribution in [0.25, 0.3) is 11.0 Å². The number of aromatic nitrogens is 3. The Morgan fingerprint density at radius 1 is 1.32 bits per heavy atom. The summed E-state index contributed by atoms with van der Waals surface area (Å²) in [5.41, 5.74) is 3.61. The lowest BCUT2D eigenvalue weighted by Crippen LogP contribution is -2.39. The van der Waals surface area contributed by atoms with E-state index in [4.69, 9.17) is 5.26 Å². The van der Waals surface area contributed by atoms with Gasteiger partial charge in [-0.05, 0) is 67.2 Å². The molecule has 0 aromatic carbocycles. The third-order valence-corrected chi connectivity index (χ3v) is 6.41. The summed E-state index contributed by atoms with van der Waals surface area (Å²) in [7, 11) is 0. The van der Waals surface area contributed by atoms with Crippen LogP contribution >= 0.6 is 0 Å². The number of fused-ring (bicyclic) bond motifs is 1. The van der Waals surface area contributed by atoms with E-state index in [0.717, 1.165) is 38.0 Å². The van der Waals surface area contributed by atoms with Crippen molar-refractivity contribution in [3.8, 4) is 6.07 Å². The molecule has 1 atom stereocenters. The minimum atomic E-state index is 0.0168. The number of pyridine rings is 1. The van der Waals surface area contributed by atoms with Gasteiger partial charge in [0.2, 0.25) is 0 Å². The molecule has 4 heterocycles. The SMILES string of the molecule is N#Cc1c[nH]c(C(=O)N2CCCC(c3ccnc4[nH]ccc34)CC3(CC3)C2)c1. The van der Waals surface area contributed by atoms with Gasteiger partial charge in [0.1, 0.15) is 17.4 Å². The number of H-pyrrole nitrogens is 2. The molecule has 6 nitrogen and oxygen atoms in total. The molecule has 2 N–H and O–H groups in total. The van der Waals surface area contributed by atoms with Gasteiger partial charge in [-0.2, -0.15) is 5.26 Å². The number of nitrogens with one attached hydrogen (secondary N) is 2. The predicted molar refractivity (Wildman–Crippen MR) is 106 cm³/mol. The summed E-state index contributed by atoms with van der Waals surface area (Å²) >= 11 is 0. The van der Waals surface area contributed by atoms with Crippen molar-refractivity contribution in [2.24, 2.45) is 5.41 Å². The molecular formula is C22H23N5O. The average Bonchev–Trinajstić information content (AvgIpc) is 3.10. The van der Waals surface area contributed by atoms with Gasteiger partial charge in [-0.15, -0.1) is 0 Å². The molecule has 1 saturated heterocycles. The van der Waals surface area contributed by atoms with Crippen molar-refractivity contribution in [2.45, 2.75) is 38.0 Å². The molecule has 5 rings (SSSR count). The smallest absolute Gasteiger partial charge is 0.270 e. The second-order valence-electron chi connectivity index (χ2n) is 8.32. The highest BCUT2D eigenvalue weighted by Gasteiger charge is 2.47. The molecule has 142 valence electrons. The van der Waals surface area contributed by atoms with Crippen LogP contribution in [0.5, 0.6) is 0 Å². The van der Waals surface area contributed by atoms with Crippen LogP contribution in [-0.4, -0.2) is 38.8 Å². The van der Waals surface area contributed by atoms with Crippen molar-refractivity contribution < 1.29 is 4.79 Å². The number of nitriles is 1. The highest BCUT2D eigenvalue weighted by Crippen LogP contribution is 2.54. The van der Waals surface area contributed by atoms with Crippen molar-refractivity contribution >= 4 is 16.9 Å². The Hall–Kier alpha value is -3.07. The van der Waals surface area contributed by atoms with Gasteiger partial charge in [-0.3, -0.25) is 4.79 Å². The molecule has 3 aromatic rings. The first kappa shape index (κ1) is 17.1. The molecule has 1 spiro atoms. The molecule has 28 heavy (non-hydrogen) atoms. The Morgan fingerprint density at radius 2 is 2.21 bits per heavy atom. The van der Waals surface area contributed by atoms with E-state index in [2.05, 4.69) is 33.2 Å². The van der Waals surface area contributed by atoms with Gasteiger partial charge < -0.3 is 14.9 Å². The van der Waals surface area contributed by atoms with Crippen molar-refractivity contribution in [3.63, 3.8) is 0 Å². The molecule has 1 amide bonds. The average molecular weight is 373 g/mol. The quantitative estimate of drug-likeness (QED) is 0.713. The number of carbonyl (C=O) groups is 1. The molecule has 3 aromatic heterocycles. The van der Waals surface area contributed by atoms with E-state index in [9.17, 15) is 4.79 Å². The van der Waals surface area contributed by atoms with Gasteiger partial charge in [-0.25, -0.2) is 4.98 Å². The number of rotatable bonds is 2. The lowest BCUT2D eigenvalue weighted by atomic mass is 9.81. The summed E-state index contributed by atoms with van der Waals surface area (Å²) in [4.78, 5) is 25.6. The molecule has 1 aliphatic heterocycles. The van der Waals surface area contributed by atoms with Crippen LogP contribution in [0.1, 0.15) is 59.6 Å². The largest absolute Gasteiger partial charge is 0.356 e. The zero-order valence-electron chi connectivity index (χ0n) is 15.7. The van der Waals surface area contributed by atoms with Crippen LogP contribution in [0.4, 0.5) is 0 Å². The Morgan fingerprint density at radius 3 is 3.00 bits per heavy atom. The first-order chi connectivity index (χ1) is 13.7. The maximum atomic E-state index is 13.0. The standard InChI is InChI=1S/C22H23N5O/c23-12-15-10-19(26-13-15)21(28)27-9-1-2-16(11-22(14-27)5-6-22)17-3-7-24-20-18(17)4-8-25-20/h3-4,7-8,10,13,16,26H,1-2,5-6,9,11,14H2,(H,24,25). The number of amides is 1. The Balaban J connectivity index is 1.38. The summed E-state index contributed by atoms with van der Waals surface area (Å²) in [6.07, 6.45) is 11.0. The molecule has 2 fully saturated rings. The van der Waals surface area contributed by atoms with Gasteiger partial charge in [0.25, 0.3) is 5.91 Å². The Labute approximate surface area is 163 Å². The highest BCUT2D eigenvalue weighted by molar-refractivity contribution is 5.93. The fraction of sp³-hybridized carbons (Fsp3) is 0.409. The van der Waals surface area contributed by atoms with Crippen LogP contribution in [0.2, 0.25) is 0 Å². The second kappa shape index (κ2) is 6.52. The van der Waals surface area contributed by atoms with E-state index in [-0.39, 0.29) is 11.3 Å². The maximum Gasteiger partial charge on any atom is 0.270 e. The lowest BCUT2D eigenvalue weighted by molar-refractivity contribution is 0.0683. The minimum Gasteiger partial charge on any atom is -0.356 e. The third kappa shape index (κ3) is 2.97. The summed E-state index contributed by atoms with van der Waals surface area (Å²) in [6.45, 7) is 1.57. The lowest BCUT2D eigenvalue weighted by Gasteiger charge is -2.34. The number of hydrogen-bond donors (Lipinski definition) is 2. The number of aromatic amines is 2. The normalized spacial score (nSPS) is 21.2. The van der Waals surface area contributed by atoms with Crippen LogP contribution in [0.15, 0.2) is 36.8 Å². The third-order valence-electron chi connectivity index (χ3n) is 6.41. The van der Waals surface area contributed by atoms with Crippen molar-refractivity contribution in [3.05, 3.63) is 53.6 Å². The molecule has 2 aliphatic rings. The molecule has 0 radical (unpaired) electrons. The molecule has 1 aliphatic carbocycles. The first-order valence-corrected chi connectivity index (χ1v) is 9.97. The van der Waals surface area contributed by atoms with Gasteiger partial charge in [0, 0.05) is 37.1 Å². The van der Waals surface area contributed by atoms with Gasteiger partial charge in [-0.1, -0.05) is 0 Å². The highest BCUT2D eigenvalue weighted by atomic mass is 16.2. The van der Waals surface area contributed by atoms with Crippen molar-refractivity contribution in [1.29, 1.82) is 5.26 Å². The minimum absolute atomic E-state index is 0.0168. The predicted octanol–water partition coefficient (Wildman–Crippen LogP) is 3.95. The van der Waals surface area contributed by atoms with E-state index < -0.39 is 0 Å². The summed E-state index contributed by atoms with van der Waals surface area (Å²) < 4.78 is 0. The van der Waals surface area contributed by atoms with Gasteiger partial charge >= 0.3 is 0 Å². The van der Waals surface area contributed by atoms with Crippen LogP contribution in [-0.2, 0) is 0 Å². The molecule has 0 bridgehead atoms. The fourth-order valence-electron chi connectivity index (χ4n) is 4.77.